The lowest BCUT2D eigenvalue weighted by molar-refractivity contribution is 0.248. The first-order valence-electron chi connectivity index (χ1n) is 6.04. The molecule has 82 valence electrons. The largest absolute Gasteiger partial charge is 0.0683 e. The van der Waals surface area contributed by atoms with Crippen LogP contribution in [0, 0.1) is 17.3 Å². The molecule has 2 unspecified atom stereocenters. The molecule has 1 rings (SSSR count). The van der Waals surface area contributed by atoms with Gasteiger partial charge in [-0.05, 0) is 30.1 Å². The molecule has 13 heavy (non-hydrogen) atoms. The summed E-state index contributed by atoms with van der Waals surface area (Å²) in [5.41, 5.74) is 0.624. The lowest BCUT2D eigenvalue weighted by Gasteiger charge is -2.25. The van der Waals surface area contributed by atoms with Crippen molar-refractivity contribution in [1.29, 1.82) is 0 Å². The van der Waals surface area contributed by atoms with Crippen LogP contribution in [0.5, 0.6) is 0 Å². The van der Waals surface area contributed by atoms with Crippen LogP contribution in [0.1, 0.15) is 68.2 Å². The van der Waals surface area contributed by atoms with E-state index in [9.17, 15) is 0 Å². The van der Waals surface area contributed by atoms with Gasteiger partial charge in [0.05, 0.1) is 0 Å². The van der Waals surface area contributed by atoms with Crippen LogP contribution in [0.25, 0.3) is 0 Å². The van der Waals surface area contributed by atoms with Gasteiger partial charge in [0.1, 0.15) is 0 Å². The molecule has 0 aliphatic heterocycles. The van der Waals surface area contributed by atoms with Crippen LogP contribution >= 0.6 is 0 Å². The van der Waals surface area contributed by atoms with Gasteiger partial charge in [0.25, 0.3) is 0 Å². The maximum Gasteiger partial charge on any atom is -0.0326 e. The number of hydrogen-bond donors (Lipinski definition) is 0. The topological polar surface area (TPSA) is 0 Å². The minimum atomic E-state index is 0.624. The zero-order valence-electron chi connectivity index (χ0n) is 11.1. The van der Waals surface area contributed by atoms with E-state index in [0.29, 0.717) is 5.41 Å². The Hall–Kier alpha value is 0. The van der Waals surface area contributed by atoms with Crippen molar-refractivity contribution in [2.75, 3.05) is 0 Å². The van der Waals surface area contributed by atoms with Gasteiger partial charge in [-0.3, -0.25) is 0 Å². The monoisotopic (exact) mass is 186 g/mol. The van der Waals surface area contributed by atoms with Crippen molar-refractivity contribution >= 4 is 0 Å². The molecule has 1 aliphatic carbocycles. The summed E-state index contributed by atoms with van der Waals surface area (Å²) in [4.78, 5) is 0. The summed E-state index contributed by atoms with van der Waals surface area (Å²) in [6.45, 7) is 17.5. The quantitative estimate of drug-likeness (QED) is 0.492. The second-order valence-corrected chi connectivity index (χ2v) is 4.29. The summed E-state index contributed by atoms with van der Waals surface area (Å²) in [7, 11) is 0. The first-order chi connectivity index (χ1) is 6.04. The van der Waals surface area contributed by atoms with E-state index >= 15 is 0 Å². The van der Waals surface area contributed by atoms with Gasteiger partial charge in [-0.25, -0.2) is 0 Å². The second kappa shape index (κ2) is 7.41. The van der Waals surface area contributed by atoms with E-state index in [2.05, 4.69) is 27.7 Å². The minimum Gasteiger partial charge on any atom is -0.0683 e. The molecule has 2 atom stereocenters. The van der Waals surface area contributed by atoms with Crippen LogP contribution in [0.4, 0.5) is 0 Å². The molecule has 0 radical (unpaired) electrons. The maximum absolute atomic E-state index is 2.39. The van der Waals surface area contributed by atoms with Crippen LogP contribution in [0.15, 0.2) is 0 Å². The molecule has 0 aromatic heterocycles. The fourth-order valence-electron chi connectivity index (χ4n) is 1.85. The van der Waals surface area contributed by atoms with E-state index in [4.69, 9.17) is 0 Å². The van der Waals surface area contributed by atoms with Crippen molar-refractivity contribution in [1.82, 2.24) is 0 Å². The minimum absolute atomic E-state index is 0.624. The first kappa shape index (κ1) is 15.5. The van der Waals surface area contributed by atoms with E-state index in [0.717, 1.165) is 11.8 Å². The van der Waals surface area contributed by atoms with Crippen LogP contribution in [0.2, 0.25) is 0 Å². The normalized spacial score (nSPS) is 29.5. The third kappa shape index (κ3) is 4.69. The molecule has 1 fully saturated rings. The Labute approximate surface area is 86.1 Å². The predicted octanol–water partition coefficient (Wildman–Crippen LogP) is 5.13. The van der Waals surface area contributed by atoms with E-state index < -0.39 is 0 Å². The Balaban J connectivity index is 0. The predicted molar refractivity (Wildman–Crippen MR) is 64.0 cm³/mol. The Morgan fingerprint density at radius 2 is 1.31 bits per heavy atom. The van der Waals surface area contributed by atoms with E-state index in [-0.39, 0.29) is 0 Å². The molecule has 0 nitrogen and oxygen atoms in total. The van der Waals surface area contributed by atoms with Crippen molar-refractivity contribution in [3.05, 3.63) is 0 Å². The second-order valence-electron chi connectivity index (χ2n) is 4.29. The van der Waals surface area contributed by atoms with Crippen LogP contribution in [-0.4, -0.2) is 0 Å². The molecule has 1 aliphatic rings. The average molecular weight is 186 g/mol. The molecule has 0 saturated heterocycles. The summed E-state index contributed by atoms with van der Waals surface area (Å²) in [5.74, 6) is 1.89. The fraction of sp³-hybridized carbons (Fsp3) is 1.00. The highest BCUT2D eigenvalue weighted by molar-refractivity contribution is 4.85. The van der Waals surface area contributed by atoms with Gasteiger partial charge in [0.2, 0.25) is 0 Å². The van der Waals surface area contributed by atoms with Gasteiger partial charge in [-0.15, -0.1) is 0 Å². The zero-order chi connectivity index (χ0) is 11.1. The molecule has 0 N–H and O–H groups in total. The smallest absolute Gasteiger partial charge is 0.0326 e. The van der Waals surface area contributed by atoms with Crippen LogP contribution < -0.4 is 0 Å². The number of rotatable bonds is 0. The summed E-state index contributed by atoms with van der Waals surface area (Å²) in [6.07, 6.45) is 2.86. The van der Waals surface area contributed by atoms with Gasteiger partial charge in [0.15, 0.2) is 0 Å². The molecule has 0 aromatic carbocycles. The SMILES string of the molecule is CC.CC.CC1CCC(C)(C)C1C. The Morgan fingerprint density at radius 3 is 1.38 bits per heavy atom. The Kier molecular flexibility index (Phi) is 8.82. The van der Waals surface area contributed by atoms with Crippen LogP contribution in [0.3, 0.4) is 0 Å². The van der Waals surface area contributed by atoms with Gasteiger partial charge >= 0.3 is 0 Å². The maximum atomic E-state index is 2.39. The zero-order valence-corrected chi connectivity index (χ0v) is 11.1. The molecule has 1 saturated carbocycles. The molecule has 0 heteroatoms. The lowest BCUT2D eigenvalue weighted by atomic mass is 9.81. The Morgan fingerprint density at radius 1 is 0.923 bits per heavy atom. The van der Waals surface area contributed by atoms with Crippen molar-refractivity contribution in [2.24, 2.45) is 17.3 Å². The van der Waals surface area contributed by atoms with Crippen molar-refractivity contribution in [2.45, 2.75) is 68.2 Å². The lowest BCUT2D eigenvalue weighted by Crippen LogP contribution is -2.17. The fourth-order valence-corrected chi connectivity index (χ4v) is 1.85. The van der Waals surface area contributed by atoms with E-state index in [1.165, 1.54) is 12.8 Å². The molecule has 0 aromatic rings. The standard InChI is InChI=1S/C9H18.2C2H6/c1-7-5-6-9(3,4)8(7)2;2*1-2/h7-8H,5-6H2,1-4H3;2*1-2H3. The molecule has 0 heterocycles. The highest BCUT2D eigenvalue weighted by Gasteiger charge is 2.35. The molecule has 0 amide bonds. The summed E-state index contributed by atoms with van der Waals surface area (Å²) < 4.78 is 0. The van der Waals surface area contributed by atoms with Crippen LogP contribution in [-0.2, 0) is 0 Å². The van der Waals surface area contributed by atoms with E-state index in [1.807, 2.05) is 27.7 Å². The average Bonchev–Trinajstić information content (AvgIpc) is 2.40. The Bertz CT molecular complexity index is 103. The third-order valence-electron chi connectivity index (χ3n) is 3.33. The van der Waals surface area contributed by atoms with Gasteiger partial charge in [0, 0.05) is 0 Å². The van der Waals surface area contributed by atoms with E-state index in [1.54, 1.807) is 0 Å². The summed E-state index contributed by atoms with van der Waals surface area (Å²) in [5, 5.41) is 0. The van der Waals surface area contributed by atoms with Gasteiger partial charge in [-0.1, -0.05) is 55.4 Å². The first-order valence-corrected chi connectivity index (χ1v) is 6.04. The van der Waals surface area contributed by atoms with Crippen molar-refractivity contribution in [3.63, 3.8) is 0 Å². The molecular formula is C13H30. The van der Waals surface area contributed by atoms with Gasteiger partial charge < -0.3 is 0 Å². The molecular weight excluding hydrogens is 156 g/mol. The van der Waals surface area contributed by atoms with Crippen molar-refractivity contribution in [3.8, 4) is 0 Å². The molecule has 0 bridgehead atoms. The number of hydrogen-bond acceptors (Lipinski definition) is 0. The van der Waals surface area contributed by atoms with Crippen molar-refractivity contribution < 1.29 is 0 Å². The highest BCUT2D eigenvalue weighted by Crippen LogP contribution is 2.45. The molecule has 0 spiro atoms. The van der Waals surface area contributed by atoms with Gasteiger partial charge in [-0.2, -0.15) is 0 Å². The summed E-state index contributed by atoms with van der Waals surface area (Å²) in [6, 6.07) is 0. The third-order valence-corrected chi connectivity index (χ3v) is 3.33. The summed E-state index contributed by atoms with van der Waals surface area (Å²) >= 11 is 0. The highest BCUT2D eigenvalue weighted by atomic mass is 14.4.